The number of carbonyl (C=O) groups is 1. The molecule has 0 aliphatic heterocycles. The fourth-order valence-corrected chi connectivity index (χ4v) is 1.29. The number of carboxylic acids is 1. The van der Waals surface area contributed by atoms with Crippen molar-refractivity contribution in [2.45, 2.75) is 0 Å². The van der Waals surface area contributed by atoms with Crippen LogP contribution in [0.4, 0.5) is 4.39 Å². The zero-order valence-electron chi connectivity index (χ0n) is 7.15. The fraction of sp³-hybridized carbons (Fsp3) is 0. The maximum absolute atomic E-state index is 13.3. The van der Waals surface area contributed by atoms with Gasteiger partial charge in [-0.25, -0.2) is 9.78 Å². The summed E-state index contributed by atoms with van der Waals surface area (Å²) < 4.78 is 14.3. The number of hydrogen-bond donors (Lipinski definition) is 1. The van der Waals surface area contributed by atoms with Crippen molar-refractivity contribution in [2.75, 3.05) is 0 Å². The second kappa shape index (κ2) is 4.04. The predicted octanol–water partition coefficient (Wildman–Crippen LogP) is 2.25. The van der Waals surface area contributed by atoms with E-state index in [9.17, 15) is 9.18 Å². The van der Waals surface area contributed by atoms with Crippen LogP contribution in [0.2, 0.25) is 5.02 Å². The number of carboxylic acid groups (broad SMARTS) is 1. The SMILES string of the molecule is Cl.O=C(O)c1nc2ccc(Cl)cn2c1F. The molecular formula is C8H5Cl2FN2O2. The molecule has 0 radical (unpaired) electrons. The minimum Gasteiger partial charge on any atom is -0.476 e. The lowest BCUT2D eigenvalue weighted by atomic mass is 10.5. The van der Waals surface area contributed by atoms with E-state index in [-0.39, 0.29) is 18.1 Å². The van der Waals surface area contributed by atoms with E-state index in [1.807, 2.05) is 0 Å². The third-order valence-corrected chi connectivity index (χ3v) is 1.95. The lowest BCUT2D eigenvalue weighted by Gasteiger charge is -1.93. The molecule has 0 aliphatic carbocycles. The van der Waals surface area contributed by atoms with Crippen LogP contribution < -0.4 is 0 Å². The smallest absolute Gasteiger partial charge is 0.359 e. The number of aromatic carboxylic acids is 1. The van der Waals surface area contributed by atoms with Gasteiger partial charge in [0.1, 0.15) is 5.65 Å². The second-order valence-corrected chi connectivity index (χ2v) is 3.07. The number of aromatic nitrogens is 2. The van der Waals surface area contributed by atoms with Gasteiger partial charge in [-0.3, -0.25) is 4.40 Å². The topological polar surface area (TPSA) is 54.6 Å². The Kier molecular flexibility index (Phi) is 3.16. The first-order chi connectivity index (χ1) is 6.59. The number of nitrogens with zero attached hydrogens (tertiary/aromatic N) is 2. The van der Waals surface area contributed by atoms with Crippen LogP contribution in [-0.4, -0.2) is 20.5 Å². The minimum absolute atomic E-state index is 0. The molecule has 2 rings (SSSR count). The molecule has 0 aliphatic rings. The number of imidazole rings is 1. The van der Waals surface area contributed by atoms with E-state index in [2.05, 4.69) is 4.98 Å². The Morgan fingerprint density at radius 3 is 2.80 bits per heavy atom. The van der Waals surface area contributed by atoms with Crippen LogP contribution in [0.5, 0.6) is 0 Å². The molecular weight excluding hydrogens is 246 g/mol. The molecule has 0 unspecified atom stereocenters. The zero-order chi connectivity index (χ0) is 10.3. The first kappa shape index (κ1) is 11.7. The summed E-state index contributed by atoms with van der Waals surface area (Å²) >= 11 is 5.62. The van der Waals surface area contributed by atoms with Crippen molar-refractivity contribution in [1.82, 2.24) is 9.38 Å². The Morgan fingerprint density at radius 1 is 1.53 bits per heavy atom. The lowest BCUT2D eigenvalue weighted by Crippen LogP contribution is -2.00. The quantitative estimate of drug-likeness (QED) is 0.845. The van der Waals surface area contributed by atoms with Gasteiger partial charge in [-0.2, -0.15) is 4.39 Å². The highest BCUT2D eigenvalue weighted by molar-refractivity contribution is 6.30. The Hall–Kier alpha value is -1.33. The van der Waals surface area contributed by atoms with Gasteiger partial charge < -0.3 is 5.11 Å². The Balaban J connectivity index is 0.00000112. The van der Waals surface area contributed by atoms with Gasteiger partial charge in [0.25, 0.3) is 0 Å². The largest absolute Gasteiger partial charge is 0.476 e. The predicted molar refractivity (Wildman–Crippen MR) is 54.4 cm³/mol. The van der Waals surface area contributed by atoms with E-state index in [4.69, 9.17) is 16.7 Å². The Bertz CT molecular complexity index is 527. The summed E-state index contributed by atoms with van der Waals surface area (Å²) in [6, 6.07) is 2.95. The van der Waals surface area contributed by atoms with Crippen LogP contribution in [-0.2, 0) is 0 Å². The molecule has 0 spiro atoms. The summed E-state index contributed by atoms with van der Waals surface area (Å²) in [6.45, 7) is 0. The molecule has 0 bridgehead atoms. The summed E-state index contributed by atoms with van der Waals surface area (Å²) in [6.07, 6.45) is 1.27. The standard InChI is InChI=1S/C8H4ClFN2O2.ClH/c9-4-1-2-5-11-6(8(13)14)7(10)12(5)3-4;/h1-3H,(H,13,14);1H. The Morgan fingerprint density at radius 2 is 2.20 bits per heavy atom. The summed E-state index contributed by atoms with van der Waals surface area (Å²) in [5.41, 5.74) is -0.392. The summed E-state index contributed by atoms with van der Waals surface area (Å²) in [4.78, 5) is 14.1. The van der Waals surface area contributed by atoms with Crippen molar-refractivity contribution in [3.8, 4) is 0 Å². The molecule has 0 amide bonds. The maximum atomic E-state index is 13.3. The lowest BCUT2D eigenvalue weighted by molar-refractivity contribution is 0.0685. The van der Waals surface area contributed by atoms with E-state index >= 15 is 0 Å². The minimum atomic E-state index is -1.40. The van der Waals surface area contributed by atoms with Crippen LogP contribution in [0, 0.1) is 5.95 Å². The highest BCUT2D eigenvalue weighted by atomic mass is 35.5. The van der Waals surface area contributed by atoms with Gasteiger partial charge in [-0.15, -0.1) is 12.4 Å². The first-order valence-corrected chi connectivity index (χ1v) is 4.04. The second-order valence-electron chi connectivity index (χ2n) is 2.63. The molecule has 0 fully saturated rings. The van der Waals surface area contributed by atoms with Gasteiger partial charge in [0.05, 0.1) is 5.02 Å². The van der Waals surface area contributed by atoms with Crippen LogP contribution in [0.25, 0.3) is 5.65 Å². The monoisotopic (exact) mass is 250 g/mol. The van der Waals surface area contributed by atoms with Crippen LogP contribution in [0.15, 0.2) is 18.3 Å². The molecule has 15 heavy (non-hydrogen) atoms. The molecule has 80 valence electrons. The van der Waals surface area contributed by atoms with Crippen molar-refractivity contribution >= 4 is 35.6 Å². The van der Waals surface area contributed by atoms with Crippen molar-refractivity contribution in [3.63, 3.8) is 0 Å². The summed E-state index contributed by atoms with van der Waals surface area (Å²) in [7, 11) is 0. The maximum Gasteiger partial charge on any atom is 0.359 e. The molecule has 0 saturated carbocycles. The molecule has 0 saturated heterocycles. The van der Waals surface area contributed by atoms with E-state index in [1.165, 1.54) is 18.3 Å². The number of rotatable bonds is 1. The molecule has 2 aromatic rings. The number of halogens is 3. The van der Waals surface area contributed by atoms with Crippen molar-refractivity contribution in [1.29, 1.82) is 0 Å². The van der Waals surface area contributed by atoms with Crippen molar-refractivity contribution < 1.29 is 14.3 Å². The van der Waals surface area contributed by atoms with E-state index in [1.54, 1.807) is 0 Å². The third kappa shape index (κ3) is 1.88. The fourth-order valence-electron chi connectivity index (χ4n) is 1.13. The van der Waals surface area contributed by atoms with E-state index in [0.717, 1.165) is 4.40 Å². The van der Waals surface area contributed by atoms with Crippen LogP contribution >= 0.6 is 24.0 Å². The van der Waals surface area contributed by atoms with Crippen LogP contribution in [0.3, 0.4) is 0 Å². The summed E-state index contributed by atoms with van der Waals surface area (Å²) in [5, 5.41) is 8.90. The normalized spacial score (nSPS) is 10.0. The van der Waals surface area contributed by atoms with Gasteiger partial charge in [0.2, 0.25) is 11.6 Å². The van der Waals surface area contributed by atoms with Gasteiger partial charge in [-0.05, 0) is 12.1 Å². The van der Waals surface area contributed by atoms with Gasteiger partial charge in [0, 0.05) is 6.20 Å². The van der Waals surface area contributed by atoms with Gasteiger partial charge in [-0.1, -0.05) is 11.6 Å². The zero-order valence-corrected chi connectivity index (χ0v) is 8.72. The van der Waals surface area contributed by atoms with Gasteiger partial charge >= 0.3 is 5.97 Å². The molecule has 4 nitrogen and oxygen atoms in total. The molecule has 1 N–H and O–H groups in total. The molecule has 0 atom stereocenters. The molecule has 7 heteroatoms. The average Bonchev–Trinajstić information content (AvgIpc) is 2.44. The summed E-state index contributed by atoms with van der Waals surface area (Å²) in [5.74, 6) is -2.32. The molecule has 2 aromatic heterocycles. The highest BCUT2D eigenvalue weighted by Crippen LogP contribution is 2.15. The van der Waals surface area contributed by atoms with E-state index in [0.29, 0.717) is 5.02 Å². The van der Waals surface area contributed by atoms with Crippen molar-refractivity contribution in [2.24, 2.45) is 0 Å². The van der Waals surface area contributed by atoms with Crippen molar-refractivity contribution in [3.05, 3.63) is 35.0 Å². The number of hydrogen-bond acceptors (Lipinski definition) is 2. The van der Waals surface area contributed by atoms with Crippen LogP contribution in [0.1, 0.15) is 10.5 Å². The van der Waals surface area contributed by atoms with E-state index < -0.39 is 17.6 Å². The third-order valence-electron chi connectivity index (χ3n) is 1.73. The number of fused-ring (bicyclic) bond motifs is 1. The first-order valence-electron chi connectivity index (χ1n) is 3.66. The molecule has 2 heterocycles. The Labute approximate surface area is 94.7 Å². The molecule has 0 aromatic carbocycles. The average molecular weight is 251 g/mol. The van der Waals surface area contributed by atoms with Gasteiger partial charge in [0.15, 0.2) is 0 Å². The highest BCUT2D eigenvalue weighted by Gasteiger charge is 2.17. The number of pyridine rings is 1.